The van der Waals surface area contributed by atoms with Gasteiger partial charge in [0.25, 0.3) is 5.78 Å². The van der Waals surface area contributed by atoms with E-state index in [0.29, 0.717) is 28.9 Å². The summed E-state index contributed by atoms with van der Waals surface area (Å²) in [5.74, 6) is 1.38. The number of hydrogen-bond donors (Lipinski definition) is 0. The van der Waals surface area contributed by atoms with Gasteiger partial charge in [0.1, 0.15) is 11.0 Å². The number of aromatic nitrogens is 4. The van der Waals surface area contributed by atoms with Crippen molar-refractivity contribution in [1.29, 1.82) is 0 Å². The van der Waals surface area contributed by atoms with Gasteiger partial charge in [-0.1, -0.05) is 11.6 Å². The minimum atomic E-state index is 0.416. The van der Waals surface area contributed by atoms with Crippen molar-refractivity contribution in [3.63, 3.8) is 0 Å². The van der Waals surface area contributed by atoms with Gasteiger partial charge in [0, 0.05) is 19.2 Å². The molecule has 1 saturated heterocycles. The molecule has 0 saturated carbocycles. The van der Waals surface area contributed by atoms with Crippen molar-refractivity contribution in [2.24, 2.45) is 0 Å². The van der Waals surface area contributed by atoms with E-state index in [-0.39, 0.29) is 0 Å². The van der Waals surface area contributed by atoms with E-state index >= 15 is 0 Å². The third-order valence-electron chi connectivity index (χ3n) is 2.57. The molecule has 0 N–H and O–H groups in total. The van der Waals surface area contributed by atoms with Crippen LogP contribution < -0.4 is 4.90 Å². The maximum atomic E-state index is 5.99. The first-order valence-electron chi connectivity index (χ1n) is 5.15. The Bertz CT molecular complexity index is 554. The summed E-state index contributed by atoms with van der Waals surface area (Å²) < 4.78 is 7.51. The zero-order valence-corrected chi connectivity index (χ0v) is 11.1. The fourth-order valence-corrected chi connectivity index (χ4v) is 2.31. The lowest BCUT2D eigenvalue weighted by Gasteiger charge is -2.28. The van der Waals surface area contributed by atoms with E-state index in [4.69, 9.17) is 16.3 Å². The van der Waals surface area contributed by atoms with Crippen LogP contribution in [-0.4, -0.2) is 45.9 Å². The number of nitrogens with zero attached hydrogens (tertiary/aromatic N) is 5. The van der Waals surface area contributed by atoms with E-state index in [1.807, 2.05) is 0 Å². The Morgan fingerprint density at radius 3 is 2.82 bits per heavy atom. The lowest BCUT2D eigenvalue weighted by atomic mass is 10.4. The van der Waals surface area contributed by atoms with Crippen molar-refractivity contribution in [3.05, 3.63) is 16.0 Å². The molecule has 3 rings (SSSR count). The van der Waals surface area contributed by atoms with Gasteiger partial charge in [-0.05, 0) is 15.9 Å². The van der Waals surface area contributed by atoms with Gasteiger partial charge in [-0.3, -0.25) is 0 Å². The molecule has 0 amide bonds. The number of anilines is 1. The monoisotopic (exact) mass is 317 g/mol. The molecule has 17 heavy (non-hydrogen) atoms. The Morgan fingerprint density at radius 1 is 1.29 bits per heavy atom. The molecular formula is C9H9BrClN5O. The SMILES string of the molecule is Clc1cc(N2CCOCC2)n2nc(Br)nc2n1. The molecule has 0 aliphatic carbocycles. The van der Waals surface area contributed by atoms with Crippen LogP contribution in [0.3, 0.4) is 0 Å². The Balaban J connectivity index is 2.12. The van der Waals surface area contributed by atoms with Gasteiger partial charge < -0.3 is 9.64 Å². The molecule has 1 fully saturated rings. The van der Waals surface area contributed by atoms with Gasteiger partial charge >= 0.3 is 0 Å². The highest BCUT2D eigenvalue weighted by molar-refractivity contribution is 9.10. The first kappa shape index (κ1) is 11.2. The molecule has 0 spiro atoms. The van der Waals surface area contributed by atoms with Gasteiger partial charge in [-0.2, -0.15) is 14.5 Å². The van der Waals surface area contributed by atoms with Crippen LogP contribution in [0.15, 0.2) is 10.8 Å². The van der Waals surface area contributed by atoms with Crippen LogP contribution in [-0.2, 0) is 4.74 Å². The highest BCUT2D eigenvalue weighted by Gasteiger charge is 2.17. The van der Waals surface area contributed by atoms with Crippen molar-refractivity contribution in [2.75, 3.05) is 31.2 Å². The van der Waals surface area contributed by atoms with E-state index in [2.05, 4.69) is 35.9 Å². The molecule has 6 nitrogen and oxygen atoms in total. The summed E-state index contributed by atoms with van der Waals surface area (Å²) in [6.45, 7) is 3.04. The fourth-order valence-electron chi connectivity index (χ4n) is 1.82. The van der Waals surface area contributed by atoms with Gasteiger partial charge in [-0.25, -0.2) is 0 Å². The summed E-state index contributed by atoms with van der Waals surface area (Å²) in [5, 5.41) is 4.66. The van der Waals surface area contributed by atoms with Crippen molar-refractivity contribution >= 4 is 39.1 Å². The zero-order valence-electron chi connectivity index (χ0n) is 8.81. The van der Waals surface area contributed by atoms with Crippen molar-refractivity contribution < 1.29 is 4.74 Å². The second-order valence-electron chi connectivity index (χ2n) is 3.63. The van der Waals surface area contributed by atoms with Crippen molar-refractivity contribution in [1.82, 2.24) is 19.6 Å². The van der Waals surface area contributed by atoms with Crippen LogP contribution in [0.2, 0.25) is 5.15 Å². The van der Waals surface area contributed by atoms with Crippen molar-refractivity contribution in [2.45, 2.75) is 0 Å². The maximum Gasteiger partial charge on any atom is 0.256 e. The first-order valence-corrected chi connectivity index (χ1v) is 6.32. The van der Waals surface area contributed by atoms with Crippen LogP contribution in [0, 0.1) is 0 Å². The molecule has 0 bridgehead atoms. The number of ether oxygens (including phenoxy) is 1. The summed E-state index contributed by atoms with van der Waals surface area (Å²) in [6.07, 6.45) is 0. The first-order chi connectivity index (χ1) is 8.24. The zero-order chi connectivity index (χ0) is 11.8. The Hall–Kier alpha value is -0.920. The van der Waals surface area contributed by atoms with E-state index < -0.39 is 0 Å². The normalized spacial score (nSPS) is 16.7. The Kier molecular flexibility index (Phi) is 2.89. The van der Waals surface area contributed by atoms with Crippen LogP contribution in [0.4, 0.5) is 5.82 Å². The topological polar surface area (TPSA) is 55.6 Å². The van der Waals surface area contributed by atoms with Crippen LogP contribution >= 0.6 is 27.5 Å². The van der Waals surface area contributed by atoms with E-state index in [1.165, 1.54) is 0 Å². The molecule has 0 unspecified atom stereocenters. The van der Waals surface area contributed by atoms with E-state index in [0.717, 1.165) is 18.9 Å². The average Bonchev–Trinajstić information content (AvgIpc) is 2.69. The molecule has 8 heteroatoms. The quantitative estimate of drug-likeness (QED) is 0.744. The van der Waals surface area contributed by atoms with Gasteiger partial charge in [0.2, 0.25) is 4.73 Å². The van der Waals surface area contributed by atoms with E-state index in [1.54, 1.807) is 10.6 Å². The standard InChI is InChI=1S/C9H9BrClN5O/c10-8-13-9-12-6(11)5-7(16(9)14-8)15-1-3-17-4-2-15/h5H,1-4H2. The highest BCUT2D eigenvalue weighted by Crippen LogP contribution is 2.21. The second kappa shape index (κ2) is 4.40. The van der Waals surface area contributed by atoms with Crippen LogP contribution in [0.5, 0.6) is 0 Å². The molecule has 0 aromatic carbocycles. The predicted octanol–water partition coefficient (Wildman–Crippen LogP) is 1.38. The molecule has 3 heterocycles. The molecule has 2 aromatic rings. The number of fused-ring (bicyclic) bond motifs is 1. The predicted molar refractivity (Wildman–Crippen MR) is 66.5 cm³/mol. The summed E-state index contributed by atoms with van der Waals surface area (Å²) in [7, 11) is 0. The summed E-state index contributed by atoms with van der Waals surface area (Å²) >= 11 is 9.22. The second-order valence-corrected chi connectivity index (χ2v) is 4.73. The Labute approximate surface area is 111 Å². The average molecular weight is 319 g/mol. The summed E-state index contributed by atoms with van der Waals surface area (Å²) in [5.41, 5.74) is 0. The molecule has 0 radical (unpaired) electrons. The van der Waals surface area contributed by atoms with Gasteiger partial charge in [0.15, 0.2) is 0 Å². The number of halogens is 2. The molecule has 1 aliphatic rings. The lowest BCUT2D eigenvalue weighted by Crippen LogP contribution is -2.37. The summed E-state index contributed by atoms with van der Waals surface area (Å²) in [4.78, 5) is 10.4. The molecule has 90 valence electrons. The third-order valence-corrected chi connectivity index (χ3v) is 3.10. The molecule has 2 aromatic heterocycles. The molecule has 1 aliphatic heterocycles. The largest absolute Gasteiger partial charge is 0.378 e. The third kappa shape index (κ3) is 2.10. The van der Waals surface area contributed by atoms with Crippen LogP contribution in [0.1, 0.15) is 0 Å². The smallest absolute Gasteiger partial charge is 0.256 e. The minimum absolute atomic E-state index is 0.416. The number of morpholine rings is 1. The van der Waals surface area contributed by atoms with E-state index in [9.17, 15) is 0 Å². The lowest BCUT2D eigenvalue weighted by molar-refractivity contribution is 0.122. The Morgan fingerprint density at radius 2 is 2.06 bits per heavy atom. The highest BCUT2D eigenvalue weighted by atomic mass is 79.9. The summed E-state index contributed by atoms with van der Waals surface area (Å²) in [6, 6.07) is 1.79. The maximum absolute atomic E-state index is 5.99. The van der Waals surface area contributed by atoms with Crippen LogP contribution in [0.25, 0.3) is 5.78 Å². The van der Waals surface area contributed by atoms with Gasteiger partial charge in [-0.15, -0.1) is 5.10 Å². The molecule has 0 atom stereocenters. The minimum Gasteiger partial charge on any atom is -0.378 e. The number of rotatable bonds is 1. The number of hydrogen-bond acceptors (Lipinski definition) is 5. The van der Waals surface area contributed by atoms with Gasteiger partial charge in [0.05, 0.1) is 13.2 Å². The fraction of sp³-hybridized carbons (Fsp3) is 0.444. The molecular weight excluding hydrogens is 309 g/mol. The van der Waals surface area contributed by atoms with Crippen molar-refractivity contribution in [3.8, 4) is 0 Å².